The van der Waals surface area contributed by atoms with Gasteiger partial charge in [0.1, 0.15) is 5.69 Å². The molecule has 0 aliphatic heterocycles. The second kappa shape index (κ2) is 6.30. The molecule has 0 aliphatic carbocycles. The largest absolute Gasteiger partial charge is 0.393 e. The van der Waals surface area contributed by atoms with Gasteiger partial charge in [0.25, 0.3) is 11.9 Å². The van der Waals surface area contributed by atoms with Crippen molar-refractivity contribution in [3.8, 4) is 0 Å². The van der Waals surface area contributed by atoms with Gasteiger partial charge in [0.15, 0.2) is 0 Å². The fraction of sp³-hybridized carbons (Fsp3) is 0.556. The number of rotatable bonds is 3. The minimum Gasteiger partial charge on any atom is -0.393 e. The number of aliphatic hydroxyl groups excluding tert-OH is 2. The molecule has 1 heterocycles. The first kappa shape index (κ1) is 16.3. The Morgan fingerprint density at radius 1 is 0.882 bits per heavy atom. The molecule has 98 valence electrons. The Bertz CT molecular complexity index is 383. The van der Waals surface area contributed by atoms with Crippen molar-refractivity contribution in [1.29, 1.82) is 0 Å². The molecule has 0 aliphatic rings. The zero-order valence-electron chi connectivity index (χ0n) is 9.01. The third kappa shape index (κ3) is 3.64. The number of aliphatic hydroxyl groups is 2. The molecule has 2 atom stereocenters. The van der Waals surface area contributed by atoms with Gasteiger partial charge in [0, 0.05) is 17.1 Å². The van der Waals surface area contributed by atoms with E-state index in [2.05, 4.69) is 9.97 Å². The van der Waals surface area contributed by atoms with Gasteiger partial charge in [-0.3, -0.25) is 0 Å². The molecule has 0 radical (unpaired) electrons. The van der Waals surface area contributed by atoms with Crippen molar-refractivity contribution in [2.24, 2.45) is 0 Å². The molecule has 1 aromatic rings. The van der Waals surface area contributed by atoms with Gasteiger partial charge in [0.05, 0.1) is 18.1 Å². The van der Waals surface area contributed by atoms with E-state index in [9.17, 15) is 23.4 Å². The molecule has 1 rings (SSSR count). The maximum atomic E-state index is 13.2. The maximum Gasteiger partial charge on any atom is 0.271 e. The Labute approximate surface area is 106 Å². The Kier molecular flexibility index (Phi) is 6.04. The predicted molar refractivity (Wildman–Crippen MR) is 48.0 cm³/mol. The van der Waals surface area contributed by atoms with Crippen LogP contribution in [0.5, 0.6) is 0 Å². The van der Waals surface area contributed by atoms with Crippen LogP contribution in [0.1, 0.15) is 25.5 Å². The molecule has 4 nitrogen and oxygen atoms in total. The van der Waals surface area contributed by atoms with Crippen LogP contribution in [0.4, 0.5) is 13.2 Å². The predicted octanol–water partition coefficient (Wildman–Crippen LogP) is 0.737. The van der Waals surface area contributed by atoms with E-state index >= 15 is 0 Å². The Morgan fingerprint density at radius 3 is 1.71 bits per heavy atom. The molecule has 0 bridgehead atoms. The quantitative estimate of drug-likeness (QED) is 0.806. The second-order valence-electron chi connectivity index (χ2n) is 3.49. The van der Waals surface area contributed by atoms with Gasteiger partial charge >= 0.3 is 0 Å². The van der Waals surface area contributed by atoms with E-state index in [0.29, 0.717) is 0 Å². The smallest absolute Gasteiger partial charge is 0.271 e. The van der Waals surface area contributed by atoms with Crippen LogP contribution in [0.2, 0.25) is 0 Å². The van der Waals surface area contributed by atoms with Gasteiger partial charge in [-0.1, -0.05) is 0 Å². The summed E-state index contributed by atoms with van der Waals surface area (Å²) in [5.41, 5.74) is -0.594. The van der Waals surface area contributed by atoms with E-state index in [4.69, 9.17) is 0 Å². The first-order chi connectivity index (χ1) is 7.34. The zero-order valence-corrected chi connectivity index (χ0v) is 10.1. The second-order valence-corrected chi connectivity index (χ2v) is 3.49. The van der Waals surface area contributed by atoms with E-state index in [0.717, 1.165) is 0 Å². The van der Waals surface area contributed by atoms with E-state index in [1.54, 1.807) is 0 Å². The van der Waals surface area contributed by atoms with E-state index < -0.39 is 41.7 Å². The fourth-order valence-electron chi connectivity index (χ4n) is 1.46. The normalized spacial score (nSPS) is 15.9. The van der Waals surface area contributed by atoms with Gasteiger partial charge < -0.3 is 10.2 Å². The Balaban J connectivity index is 0.00000256. The minimum absolute atomic E-state index is 0. The topological polar surface area (TPSA) is 66.2 Å². The van der Waals surface area contributed by atoms with Gasteiger partial charge in [-0.25, -0.2) is 4.98 Å². The molecule has 0 spiro atoms. The van der Waals surface area contributed by atoms with Crippen molar-refractivity contribution in [3.05, 3.63) is 23.5 Å². The van der Waals surface area contributed by atoms with Crippen molar-refractivity contribution in [3.63, 3.8) is 0 Å². The zero-order chi connectivity index (χ0) is 12.5. The number of halogens is 3. The monoisotopic (exact) mass is 292 g/mol. The third-order valence-electron chi connectivity index (χ3n) is 2.15. The van der Waals surface area contributed by atoms with Crippen LogP contribution in [0.25, 0.3) is 0 Å². The molecule has 1 aromatic heterocycles. The number of hydrogen-bond donors (Lipinski definition) is 2. The summed E-state index contributed by atoms with van der Waals surface area (Å²) in [6.07, 6.45) is -2.35. The number of aromatic nitrogens is 2. The van der Waals surface area contributed by atoms with Gasteiger partial charge in [-0.2, -0.15) is 18.2 Å². The SMILES string of the molecule is CC(O)C(c1nc(F)c(F)nc1F)C(C)O.[Fe]. The summed E-state index contributed by atoms with van der Waals surface area (Å²) in [6, 6.07) is 0. The summed E-state index contributed by atoms with van der Waals surface area (Å²) in [5.74, 6) is -5.73. The minimum atomic E-state index is -1.66. The van der Waals surface area contributed by atoms with Gasteiger partial charge in [-0.15, -0.1) is 0 Å². The number of hydrogen-bond acceptors (Lipinski definition) is 4. The first-order valence-electron chi connectivity index (χ1n) is 4.59. The molecule has 2 N–H and O–H groups in total. The maximum absolute atomic E-state index is 13.2. The summed E-state index contributed by atoms with van der Waals surface area (Å²) in [4.78, 5) is 5.68. The molecule has 8 heteroatoms. The first-order valence-corrected chi connectivity index (χ1v) is 4.59. The average molecular weight is 292 g/mol. The molecule has 0 saturated heterocycles. The molecular weight excluding hydrogens is 281 g/mol. The Morgan fingerprint density at radius 2 is 1.29 bits per heavy atom. The fourth-order valence-corrected chi connectivity index (χ4v) is 1.46. The van der Waals surface area contributed by atoms with Crippen molar-refractivity contribution >= 4 is 0 Å². The van der Waals surface area contributed by atoms with E-state index in [-0.39, 0.29) is 17.1 Å². The molecular formula is C9H11F3FeN2O2. The van der Waals surface area contributed by atoms with Crippen molar-refractivity contribution in [1.82, 2.24) is 9.97 Å². The van der Waals surface area contributed by atoms with E-state index in [1.807, 2.05) is 0 Å². The van der Waals surface area contributed by atoms with Crippen LogP contribution in [0.15, 0.2) is 0 Å². The van der Waals surface area contributed by atoms with Crippen LogP contribution >= 0.6 is 0 Å². The van der Waals surface area contributed by atoms with E-state index in [1.165, 1.54) is 13.8 Å². The summed E-state index contributed by atoms with van der Waals surface area (Å²) in [5, 5.41) is 18.6. The van der Waals surface area contributed by atoms with Crippen LogP contribution in [-0.4, -0.2) is 32.4 Å². The summed E-state index contributed by atoms with van der Waals surface area (Å²) >= 11 is 0. The summed E-state index contributed by atoms with van der Waals surface area (Å²) in [7, 11) is 0. The molecule has 0 amide bonds. The summed E-state index contributed by atoms with van der Waals surface area (Å²) < 4.78 is 38.5. The van der Waals surface area contributed by atoms with Crippen molar-refractivity contribution in [2.45, 2.75) is 32.0 Å². The summed E-state index contributed by atoms with van der Waals surface area (Å²) in [6.45, 7) is 2.56. The number of nitrogens with zero attached hydrogens (tertiary/aromatic N) is 2. The Hall–Kier alpha value is -0.691. The molecule has 0 fully saturated rings. The third-order valence-corrected chi connectivity index (χ3v) is 2.15. The van der Waals surface area contributed by atoms with Crippen LogP contribution in [-0.2, 0) is 17.1 Å². The van der Waals surface area contributed by atoms with Crippen molar-refractivity contribution in [2.75, 3.05) is 0 Å². The standard InChI is InChI=1S/C9H11F3N2O2.Fe/c1-3(15)5(4(2)16)6-7(10)14-9(12)8(11)13-6;/h3-5,15-16H,1-2H3;. The molecule has 0 saturated carbocycles. The van der Waals surface area contributed by atoms with Crippen LogP contribution < -0.4 is 0 Å². The van der Waals surface area contributed by atoms with Gasteiger partial charge in [0.2, 0.25) is 5.95 Å². The van der Waals surface area contributed by atoms with Crippen LogP contribution in [0.3, 0.4) is 0 Å². The van der Waals surface area contributed by atoms with Crippen molar-refractivity contribution < 1.29 is 40.5 Å². The molecule has 2 unspecified atom stereocenters. The average Bonchev–Trinajstić information content (AvgIpc) is 2.12. The van der Waals surface area contributed by atoms with Gasteiger partial charge in [-0.05, 0) is 13.8 Å². The molecule has 0 aromatic carbocycles. The molecule has 17 heavy (non-hydrogen) atoms. The van der Waals surface area contributed by atoms with Crippen LogP contribution in [0, 0.1) is 17.8 Å².